The van der Waals surface area contributed by atoms with Crippen molar-refractivity contribution in [3.05, 3.63) is 92.6 Å². The molecule has 40 heavy (non-hydrogen) atoms. The van der Waals surface area contributed by atoms with Gasteiger partial charge in [-0.2, -0.15) is 0 Å². The van der Waals surface area contributed by atoms with Gasteiger partial charge < -0.3 is 14.8 Å². The molecule has 1 fully saturated rings. The quantitative estimate of drug-likeness (QED) is 0.226. The van der Waals surface area contributed by atoms with Gasteiger partial charge in [-0.05, 0) is 49.2 Å². The third kappa shape index (κ3) is 5.37. The van der Waals surface area contributed by atoms with Gasteiger partial charge in [-0.15, -0.1) is 0 Å². The zero-order valence-corrected chi connectivity index (χ0v) is 23.0. The number of halogens is 3. The molecule has 0 bridgehead atoms. The number of fused-ring (bicyclic) bond motifs is 1. The van der Waals surface area contributed by atoms with Crippen molar-refractivity contribution in [2.75, 3.05) is 19.8 Å². The fourth-order valence-electron chi connectivity index (χ4n) is 4.82. The number of benzene rings is 3. The first-order valence-corrected chi connectivity index (χ1v) is 13.6. The molecule has 1 aromatic heterocycles. The lowest BCUT2D eigenvalue weighted by Gasteiger charge is -2.23. The molecule has 0 saturated carbocycles. The summed E-state index contributed by atoms with van der Waals surface area (Å²) in [5, 5.41) is 2.87. The van der Waals surface area contributed by atoms with E-state index < -0.39 is 23.6 Å². The monoisotopic (exact) mass is 585 g/mol. The molecule has 2 heterocycles. The number of nitrogens with one attached hydrogen (secondary N) is 1. The number of esters is 1. The van der Waals surface area contributed by atoms with Crippen molar-refractivity contribution in [1.29, 1.82) is 0 Å². The molecule has 1 aliphatic rings. The van der Waals surface area contributed by atoms with Crippen molar-refractivity contribution in [1.82, 2.24) is 14.5 Å². The van der Waals surface area contributed by atoms with E-state index in [1.54, 1.807) is 47.9 Å². The van der Waals surface area contributed by atoms with Crippen LogP contribution in [-0.4, -0.2) is 40.8 Å². The highest BCUT2D eigenvalue weighted by atomic mass is 35.5. The molecule has 1 amide bonds. The number of amides is 1. The summed E-state index contributed by atoms with van der Waals surface area (Å²) in [6.07, 6.45) is 1.37. The number of hydrogen-bond donors (Lipinski definition) is 1. The van der Waals surface area contributed by atoms with Crippen LogP contribution in [0, 0.1) is 11.7 Å². The van der Waals surface area contributed by atoms with E-state index in [2.05, 4.69) is 5.32 Å². The van der Waals surface area contributed by atoms with Gasteiger partial charge in [-0.1, -0.05) is 54.4 Å². The number of carbonyl (C=O) groups is 2. The van der Waals surface area contributed by atoms with Crippen LogP contribution >= 0.6 is 23.2 Å². The standard InChI is InChI=1S/C29H26Cl2FN3O5/c1-17(16-33-27(36)25-19(30)6-4-8-21(25)32)28(37)40-24-11-3-2-9-22(24)35-26-20(31)7-5-10-23(26)34(29(35)38)18-12-14-39-15-13-18/h2-11,17-18H,12-16H2,1H3,(H,33,36)/t17-/m0/s1. The average molecular weight is 586 g/mol. The highest BCUT2D eigenvalue weighted by Crippen LogP contribution is 2.33. The Morgan fingerprint density at radius 3 is 2.50 bits per heavy atom. The Kier molecular flexibility index (Phi) is 8.25. The van der Waals surface area contributed by atoms with Gasteiger partial charge in [-0.3, -0.25) is 18.7 Å². The molecule has 0 unspecified atom stereocenters. The number of para-hydroxylation sites is 3. The molecule has 1 atom stereocenters. The van der Waals surface area contributed by atoms with Crippen LogP contribution in [0.5, 0.6) is 5.75 Å². The minimum absolute atomic E-state index is 0.0364. The van der Waals surface area contributed by atoms with Gasteiger partial charge in [0.05, 0.1) is 38.2 Å². The predicted octanol–water partition coefficient (Wildman–Crippen LogP) is 5.56. The third-order valence-electron chi connectivity index (χ3n) is 6.88. The molecule has 0 radical (unpaired) electrons. The maximum Gasteiger partial charge on any atom is 0.334 e. The first-order chi connectivity index (χ1) is 19.3. The Hall–Kier alpha value is -3.66. The normalized spacial score (nSPS) is 14.7. The van der Waals surface area contributed by atoms with Crippen LogP contribution in [0.1, 0.15) is 36.2 Å². The summed E-state index contributed by atoms with van der Waals surface area (Å²) in [4.78, 5) is 39.4. The highest BCUT2D eigenvalue weighted by Gasteiger charge is 2.27. The first kappa shape index (κ1) is 27.9. The summed E-state index contributed by atoms with van der Waals surface area (Å²) in [6, 6.07) is 15.9. The van der Waals surface area contributed by atoms with Crippen LogP contribution in [0.2, 0.25) is 10.0 Å². The summed E-state index contributed by atoms with van der Waals surface area (Å²) in [5.74, 6) is -2.81. The van der Waals surface area contributed by atoms with Crippen molar-refractivity contribution in [2.24, 2.45) is 5.92 Å². The van der Waals surface area contributed by atoms with E-state index >= 15 is 0 Å². The summed E-state index contributed by atoms with van der Waals surface area (Å²) < 4.78 is 28.5. The zero-order chi connectivity index (χ0) is 28.4. The average Bonchev–Trinajstić information content (AvgIpc) is 3.25. The fourth-order valence-corrected chi connectivity index (χ4v) is 5.32. The lowest BCUT2D eigenvalue weighted by molar-refractivity contribution is -0.138. The molecule has 3 aromatic carbocycles. The number of nitrogens with zero attached hydrogens (tertiary/aromatic N) is 2. The Morgan fingerprint density at radius 2 is 1.75 bits per heavy atom. The summed E-state index contributed by atoms with van der Waals surface area (Å²) >= 11 is 12.6. The van der Waals surface area contributed by atoms with Gasteiger partial charge >= 0.3 is 11.7 Å². The number of aromatic nitrogens is 2. The summed E-state index contributed by atoms with van der Waals surface area (Å²) in [7, 11) is 0. The molecular weight excluding hydrogens is 560 g/mol. The molecule has 8 nitrogen and oxygen atoms in total. The van der Waals surface area contributed by atoms with Crippen LogP contribution in [-0.2, 0) is 9.53 Å². The Balaban J connectivity index is 1.42. The Labute approximate surface area is 239 Å². The predicted molar refractivity (Wildman–Crippen MR) is 150 cm³/mol. The number of imidazole rings is 1. The molecule has 0 spiro atoms. The highest BCUT2D eigenvalue weighted by molar-refractivity contribution is 6.35. The van der Waals surface area contributed by atoms with Gasteiger partial charge in [0, 0.05) is 25.8 Å². The van der Waals surface area contributed by atoms with E-state index in [-0.39, 0.29) is 34.6 Å². The van der Waals surface area contributed by atoms with Gasteiger partial charge in [0.2, 0.25) is 0 Å². The minimum atomic E-state index is -0.800. The molecule has 11 heteroatoms. The van der Waals surface area contributed by atoms with Crippen molar-refractivity contribution in [2.45, 2.75) is 25.8 Å². The first-order valence-electron chi connectivity index (χ1n) is 12.8. The van der Waals surface area contributed by atoms with Gasteiger partial charge in [-0.25, -0.2) is 9.18 Å². The summed E-state index contributed by atoms with van der Waals surface area (Å²) in [6.45, 7) is 2.54. The molecule has 5 rings (SSSR count). The van der Waals surface area contributed by atoms with Gasteiger partial charge in [0.15, 0.2) is 5.75 Å². The van der Waals surface area contributed by atoms with Crippen LogP contribution in [0.3, 0.4) is 0 Å². The van der Waals surface area contributed by atoms with Crippen molar-refractivity contribution in [3.8, 4) is 11.4 Å². The van der Waals surface area contributed by atoms with Gasteiger partial charge in [0.25, 0.3) is 5.91 Å². The van der Waals surface area contributed by atoms with Crippen LogP contribution in [0.15, 0.2) is 65.5 Å². The van der Waals surface area contributed by atoms with E-state index in [1.165, 1.54) is 16.7 Å². The van der Waals surface area contributed by atoms with Crippen LogP contribution in [0.4, 0.5) is 4.39 Å². The Morgan fingerprint density at radius 1 is 1.05 bits per heavy atom. The lowest BCUT2D eigenvalue weighted by Crippen LogP contribution is -2.34. The zero-order valence-electron chi connectivity index (χ0n) is 21.5. The third-order valence-corrected chi connectivity index (χ3v) is 7.50. The molecule has 208 valence electrons. The van der Waals surface area contributed by atoms with Crippen LogP contribution in [0.25, 0.3) is 16.7 Å². The number of hydrogen-bond acceptors (Lipinski definition) is 5. The van der Waals surface area contributed by atoms with Gasteiger partial charge in [0.1, 0.15) is 5.82 Å². The fraction of sp³-hybridized carbons (Fsp3) is 0.276. The maximum absolute atomic E-state index is 14.1. The second kappa shape index (κ2) is 11.8. The summed E-state index contributed by atoms with van der Waals surface area (Å²) in [5.41, 5.74) is 0.923. The number of rotatable bonds is 7. The van der Waals surface area contributed by atoms with E-state index in [0.29, 0.717) is 47.8 Å². The SMILES string of the molecule is C[C@@H](CNC(=O)c1c(F)cccc1Cl)C(=O)Oc1ccccc1-n1c(=O)n(C2CCOCC2)c2cccc(Cl)c21. The number of carbonyl (C=O) groups excluding carboxylic acids is 2. The molecule has 1 N–H and O–H groups in total. The molecule has 1 aliphatic heterocycles. The topological polar surface area (TPSA) is 91.6 Å². The largest absolute Gasteiger partial charge is 0.424 e. The van der Waals surface area contributed by atoms with E-state index in [4.69, 9.17) is 32.7 Å². The van der Waals surface area contributed by atoms with E-state index in [0.717, 1.165) is 6.07 Å². The van der Waals surface area contributed by atoms with E-state index in [1.807, 2.05) is 6.07 Å². The molecular formula is C29H26Cl2FN3O5. The van der Waals surface area contributed by atoms with Crippen LogP contribution < -0.4 is 15.7 Å². The molecule has 0 aliphatic carbocycles. The number of ether oxygens (including phenoxy) is 2. The molecule has 1 saturated heterocycles. The van der Waals surface area contributed by atoms with Crippen molar-refractivity contribution in [3.63, 3.8) is 0 Å². The van der Waals surface area contributed by atoms with Crippen molar-refractivity contribution >= 4 is 46.1 Å². The second-order valence-electron chi connectivity index (χ2n) is 9.54. The minimum Gasteiger partial charge on any atom is -0.424 e. The smallest absolute Gasteiger partial charge is 0.334 e. The lowest BCUT2D eigenvalue weighted by atomic mass is 10.1. The molecule has 4 aromatic rings. The second-order valence-corrected chi connectivity index (χ2v) is 10.4. The van der Waals surface area contributed by atoms with Crippen molar-refractivity contribution < 1.29 is 23.5 Å². The van der Waals surface area contributed by atoms with E-state index in [9.17, 15) is 18.8 Å². The maximum atomic E-state index is 14.1. The Bertz CT molecular complexity index is 1620.